The van der Waals surface area contributed by atoms with Gasteiger partial charge in [-0.3, -0.25) is 9.78 Å². The van der Waals surface area contributed by atoms with Crippen molar-refractivity contribution in [3.63, 3.8) is 0 Å². The smallest absolute Gasteiger partial charge is 0.247 e. The number of hydrogen-bond acceptors (Lipinski definition) is 5. The van der Waals surface area contributed by atoms with Crippen LogP contribution in [0.4, 0.5) is 5.69 Å². The van der Waals surface area contributed by atoms with E-state index in [9.17, 15) is 13.2 Å². The molecule has 4 rings (SSSR count). The number of aromatic nitrogens is 1. The van der Waals surface area contributed by atoms with Crippen LogP contribution < -0.4 is 4.90 Å². The first-order valence-electron chi connectivity index (χ1n) is 10.8. The van der Waals surface area contributed by atoms with E-state index in [2.05, 4.69) is 16.0 Å². The van der Waals surface area contributed by atoms with Gasteiger partial charge in [-0.15, -0.1) is 0 Å². The lowest BCUT2D eigenvalue weighted by molar-refractivity contribution is -0.127. The van der Waals surface area contributed by atoms with Gasteiger partial charge in [0.15, 0.2) is 9.84 Å². The Labute approximate surface area is 199 Å². The Morgan fingerprint density at radius 1 is 1.09 bits per heavy atom. The molecule has 1 amide bonds. The number of benzene rings is 2. The molecule has 2 heterocycles. The first-order chi connectivity index (χ1) is 15.7. The van der Waals surface area contributed by atoms with Crippen LogP contribution in [0.1, 0.15) is 18.5 Å². The Morgan fingerprint density at radius 2 is 1.79 bits per heavy atom. The number of aryl methyl sites for hydroxylation is 1. The zero-order chi connectivity index (χ0) is 23.6. The second-order valence-corrected chi connectivity index (χ2v) is 10.6. The third kappa shape index (κ3) is 5.37. The zero-order valence-corrected chi connectivity index (χ0v) is 20.2. The number of carbonyl (C=O) groups excluding carboxylic acids is 1. The fourth-order valence-corrected chi connectivity index (χ4v) is 5.32. The predicted octanol–water partition coefficient (Wildman–Crippen LogP) is 4.61. The number of amides is 1. The lowest BCUT2D eigenvalue weighted by Crippen LogP contribution is -2.45. The van der Waals surface area contributed by atoms with Gasteiger partial charge in [-0.1, -0.05) is 23.7 Å². The van der Waals surface area contributed by atoms with Crippen LogP contribution >= 0.6 is 11.6 Å². The summed E-state index contributed by atoms with van der Waals surface area (Å²) in [6.07, 6.45) is 4.59. The van der Waals surface area contributed by atoms with Crippen molar-refractivity contribution in [2.24, 2.45) is 0 Å². The van der Waals surface area contributed by atoms with Crippen molar-refractivity contribution in [1.29, 1.82) is 0 Å². The van der Waals surface area contributed by atoms with E-state index in [1.165, 1.54) is 6.07 Å². The average molecular weight is 484 g/mol. The van der Waals surface area contributed by atoms with Gasteiger partial charge in [-0.05, 0) is 66.9 Å². The molecule has 6 nitrogen and oxygen atoms in total. The Kier molecular flexibility index (Phi) is 6.72. The van der Waals surface area contributed by atoms with Crippen LogP contribution in [0.2, 0.25) is 5.02 Å². The summed E-state index contributed by atoms with van der Waals surface area (Å²) in [5.41, 5.74) is 2.11. The van der Waals surface area contributed by atoms with Gasteiger partial charge in [0, 0.05) is 60.3 Å². The van der Waals surface area contributed by atoms with Crippen LogP contribution in [-0.2, 0) is 14.6 Å². The maximum Gasteiger partial charge on any atom is 0.247 e. The molecule has 0 radical (unpaired) electrons. The number of pyridine rings is 1. The number of rotatable bonds is 5. The second-order valence-electron chi connectivity index (χ2n) is 8.32. The number of halogens is 1. The molecule has 1 fully saturated rings. The van der Waals surface area contributed by atoms with Crippen LogP contribution in [0, 0.1) is 6.92 Å². The number of nitrogens with zero attached hydrogens (tertiary/aromatic N) is 3. The van der Waals surface area contributed by atoms with Crippen molar-refractivity contribution in [2.45, 2.75) is 30.7 Å². The highest BCUT2D eigenvalue weighted by Crippen LogP contribution is 2.25. The maximum absolute atomic E-state index is 12.8. The molecule has 172 valence electrons. The molecule has 2 aromatic carbocycles. The molecule has 3 aromatic rings. The minimum absolute atomic E-state index is 0.0643. The fourth-order valence-electron chi connectivity index (χ4n) is 4.13. The van der Waals surface area contributed by atoms with Crippen molar-refractivity contribution in [2.75, 3.05) is 25.0 Å². The molecular formula is C25H26ClN3O3S. The Bertz CT molecular complexity index is 1320. The fraction of sp³-hybridized carbons (Fsp3) is 0.280. The van der Waals surface area contributed by atoms with E-state index in [4.69, 9.17) is 11.6 Å². The molecular weight excluding hydrogens is 458 g/mol. The molecule has 0 atom stereocenters. The van der Waals surface area contributed by atoms with Gasteiger partial charge in [0.05, 0.1) is 4.90 Å². The molecule has 1 aromatic heterocycles. The molecule has 0 bridgehead atoms. The number of carbonyl (C=O) groups is 1. The number of hydrogen-bond donors (Lipinski definition) is 0. The number of sulfone groups is 1. The van der Waals surface area contributed by atoms with Gasteiger partial charge in [0.25, 0.3) is 0 Å². The molecule has 0 spiro atoms. The van der Waals surface area contributed by atoms with Gasteiger partial charge in [0.1, 0.15) is 0 Å². The monoisotopic (exact) mass is 483 g/mol. The average Bonchev–Trinajstić information content (AvgIpc) is 2.82. The summed E-state index contributed by atoms with van der Waals surface area (Å²) in [5.74, 6) is -0.315. The number of likely N-dealkylation sites (N-methyl/N-ethyl adjacent to an activating group) is 1. The standard InChI is InChI=1S/C25H26ClN3O3S/c1-18-15-23(7-11-27-18)29-12-8-22(9-13-29)28(2)25(30)10-14-33(31,32)24-6-4-19-16-21(26)5-3-20(19)17-24/h3-7,10-11,14-17,22H,8-9,12-13H2,1-2H3/b14-10+. The van der Waals surface area contributed by atoms with Gasteiger partial charge in [0.2, 0.25) is 5.91 Å². The highest BCUT2D eigenvalue weighted by atomic mass is 35.5. The summed E-state index contributed by atoms with van der Waals surface area (Å²) >= 11 is 6.00. The van der Waals surface area contributed by atoms with Crippen molar-refractivity contribution >= 4 is 43.8 Å². The molecule has 0 N–H and O–H groups in total. The predicted molar refractivity (Wildman–Crippen MR) is 132 cm³/mol. The number of piperidine rings is 1. The van der Waals surface area contributed by atoms with E-state index in [0.717, 1.165) is 59.6 Å². The minimum atomic E-state index is -3.75. The maximum atomic E-state index is 12.8. The molecule has 33 heavy (non-hydrogen) atoms. The van der Waals surface area contributed by atoms with Crippen molar-refractivity contribution in [1.82, 2.24) is 9.88 Å². The van der Waals surface area contributed by atoms with Gasteiger partial charge >= 0.3 is 0 Å². The molecule has 1 aliphatic heterocycles. The van der Waals surface area contributed by atoms with Crippen LogP contribution in [0.3, 0.4) is 0 Å². The lowest BCUT2D eigenvalue weighted by Gasteiger charge is -2.37. The Hall–Kier alpha value is -2.90. The normalized spacial score (nSPS) is 15.3. The van der Waals surface area contributed by atoms with Crippen molar-refractivity contribution in [3.05, 3.63) is 76.9 Å². The third-order valence-electron chi connectivity index (χ3n) is 6.10. The first kappa shape index (κ1) is 23.3. The summed E-state index contributed by atoms with van der Waals surface area (Å²) in [7, 11) is -2.01. The topological polar surface area (TPSA) is 70.6 Å². The molecule has 8 heteroatoms. The first-order valence-corrected chi connectivity index (χ1v) is 12.7. The van der Waals surface area contributed by atoms with E-state index >= 15 is 0 Å². The van der Waals surface area contributed by atoms with Crippen molar-refractivity contribution in [3.8, 4) is 0 Å². The number of fused-ring (bicyclic) bond motifs is 1. The molecule has 1 saturated heterocycles. The van der Waals surface area contributed by atoms with E-state index in [-0.39, 0.29) is 16.8 Å². The largest absolute Gasteiger partial charge is 0.371 e. The summed E-state index contributed by atoms with van der Waals surface area (Å²) < 4.78 is 25.6. The highest BCUT2D eigenvalue weighted by molar-refractivity contribution is 7.94. The van der Waals surface area contributed by atoms with Crippen LogP contribution in [0.25, 0.3) is 10.8 Å². The molecule has 0 aliphatic carbocycles. The summed E-state index contributed by atoms with van der Waals surface area (Å²) in [6.45, 7) is 3.63. The van der Waals surface area contributed by atoms with Crippen molar-refractivity contribution < 1.29 is 13.2 Å². The van der Waals surface area contributed by atoms with Crippen LogP contribution in [0.15, 0.2) is 71.1 Å². The van der Waals surface area contributed by atoms with E-state index in [1.54, 1.807) is 42.3 Å². The van der Waals surface area contributed by atoms with Gasteiger partial charge in [-0.25, -0.2) is 8.42 Å². The van der Waals surface area contributed by atoms with Gasteiger partial charge in [-0.2, -0.15) is 0 Å². The van der Waals surface area contributed by atoms with Crippen LogP contribution in [0.5, 0.6) is 0 Å². The summed E-state index contributed by atoms with van der Waals surface area (Å²) in [6, 6.07) is 14.2. The van der Waals surface area contributed by atoms with E-state index < -0.39 is 9.84 Å². The SMILES string of the molecule is Cc1cc(N2CCC(N(C)C(=O)/C=C/S(=O)(=O)c3ccc4cc(Cl)ccc4c3)CC2)ccn1. The highest BCUT2D eigenvalue weighted by Gasteiger charge is 2.25. The third-order valence-corrected chi connectivity index (χ3v) is 7.74. The number of anilines is 1. The lowest BCUT2D eigenvalue weighted by atomic mass is 10.0. The zero-order valence-electron chi connectivity index (χ0n) is 18.6. The summed E-state index contributed by atoms with van der Waals surface area (Å²) in [5, 5.41) is 3.22. The quantitative estimate of drug-likeness (QED) is 0.495. The molecule has 0 saturated carbocycles. The Balaban J connectivity index is 1.40. The second kappa shape index (κ2) is 9.53. The molecule has 0 unspecified atom stereocenters. The van der Waals surface area contributed by atoms with E-state index in [0.29, 0.717) is 5.02 Å². The van der Waals surface area contributed by atoms with Gasteiger partial charge < -0.3 is 9.80 Å². The minimum Gasteiger partial charge on any atom is -0.371 e. The Morgan fingerprint density at radius 3 is 2.52 bits per heavy atom. The summed E-state index contributed by atoms with van der Waals surface area (Å²) in [4.78, 5) is 21.0. The molecule has 1 aliphatic rings. The van der Waals surface area contributed by atoms with E-state index in [1.807, 2.05) is 19.2 Å². The van der Waals surface area contributed by atoms with Crippen LogP contribution in [-0.4, -0.2) is 50.4 Å².